The summed E-state index contributed by atoms with van der Waals surface area (Å²) in [6.45, 7) is 4.57. The number of unbranched alkanes of at least 4 members (excludes halogenated alkanes) is 2. The van der Waals surface area contributed by atoms with E-state index in [0.29, 0.717) is 23.1 Å². The van der Waals surface area contributed by atoms with Gasteiger partial charge in [-0.1, -0.05) is 48.9 Å². The van der Waals surface area contributed by atoms with Crippen LogP contribution in [0.5, 0.6) is 0 Å². The van der Waals surface area contributed by atoms with Crippen LogP contribution in [0, 0.1) is 4.77 Å². The molecule has 1 fully saturated rings. The van der Waals surface area contributed by atoms with Gasteiger partial charge in [0.1, 0.15) is 0 Å². The van der Waals surface area contributed by atoms with E-state index in [9.17, 15) is 9.59 Å². The molecule has 8 heteroatoms. The SMILES string of the molecule is O=C(CCCCCn1c(=S)[nH]c2ccccc2c1=O)NC(CN1CCOCC1)c1ccccc1. The number of para-hydroxylation sites is 1. The van der Waals surface area contributed by atoms with Gasteiger partial charge >= 0.3 is 0 Å². The van der Waals surface area contributed by atoms with Gasteiger partial charge < -0.3 is 15.0 Å². The van der Waals surface area contributed by atoms with Gasteiger partial charge in [-0.3, -0.25) is 19.1 Å². The molecule has 34 heavy (non-hydrogen) atoms. The summed E-state index contributed by atoms with van der Waals surface area (Å²) in [6.07, 6.45) is 2.87. The van der Waals surface area contributed by atoms with Crippen molar-refractivity contribution in [2.45, 2.75) is 38.3 Å². The van der Waals surface area contributed by atoms with Gasteiger partial charge in [0.2, 0.25) is 5.91 Å². The number of morpholine rings is 1. The van der Waals surface area contributed by atoms with Gasteiger partial charge in [-0.05, 0) is 42.8 Å². The molecule has 1 amide bonds. The fraction of sp³-hybridized carbons (Fsp3) is 0.423. The molecular formula is C26H32N4O3S. The van der Waals surface area contributed by atoms with E-state index in [1.54, 1.807) is 4.57 Å². The molecular weight excluding hydrogens is 448 g/mol. The number of nitrogens with one attached hydrogen (secondary N) is 2. The Bertz CT molecular complexity index is 1200. The number of nitrogens with zero attached hydrogens (tertiary/aromatic N) is 2. The largest absolute Gasteiger partial charge is 0.379 e. The van der Waals surface area contributed by atoms with Gasteiger partial charge in [-0.2, -0.15) is 0 Å². The van der Waals surface area contributed by atoms with Crippen LogP contribution in [-0.2, 0) is 16.1 Å². The number of benzene rings is 2. The Morgan fingerprint density at radius 2 is 1.76 bits per heavy atom. The lowest BCUT2D eigenvalue weighted by molar-refractivity contribution is -0.122. The topological polar surface area (TPSA) is 79.4 Å². The highest BCUT2D eigenvalue weighted by Crippen LogP contribution is 2.16. The van der Waals surface area contributed by atoms with Crippen molar-refractivity contribution in [3.05, 3.63) is 75.3 Å². The molecule has 7 nitrogen and oxygen atoms in total. The van der Waals surface area contributed by atoms with E-state index in [1.165, 1.54) is 0 Å². The van der Waals surface area contributed by atoms with E-state index < -0.39 is 0 Å². The van der Waals surface area contributed by atoms with Crippen LogP contribution in [0.25, 0.3) is 10.9 Å². The number of H-pyrrole nitrogens is 1. The quantitative estimate of drug-likeness (QED) is 0.341. The molecule has 0 bridgehead atoms. The summed E-state index contributed by atoms with van der Waals surface area (Å²) in [4.78, 5) is 30.9. The molecule has 0 radical (unpaired) electrons. The second kappa shape index (κ2) is 12.1. The van der Waals surface area contributed by atoms with Crippen molar-refractivity contribution in [3.8, 4) is 0 Å². The zero-order valence-electron chi connectivity index (χ0n) is 19.4. The summed E-state index contributed by atoms with van der Waals surface area (Å²) in [5.74, 6) is 0.0577. The number of ether oxygens (including phenoxy) is 1. The van der Waals surface area contributed by atoms with Crippen LogP contribution in [0.15, 0.2) is 59.4 Å². The Morgan fingerprint density at radius 1 is 1.03 bits per heavy atom. The molecule has 0 saturated carbocycles. The van der Waals surface area contributed by atoms with E-state index in [1.807, 2.05) is 42.5 Å². The average Bonchev–Trinajstić information content (AvgIpc) is 2.86. The summed E-state index contributed by atoms with van der Waals surface area (Å²) in [5.41, 5.74) is 1.81. The third-order valence-corrected chi connectivity index (χ3v) is 6.58. The van der Waals surface area contributed by atoms with E-state index in [-0.39, 0.29) is 17.5 Å². The number of hydrogen-bond acceptors (Lipinski definition) is 5. The van der Waals surface area contributed by atoms with Crippen LogP contribution in [0.2, 0.25) is 0 Å². The molecule has 1 atom stereocenters. The first-order valence-electron chi connectivity index (χ1n) is 12.0. The molecule has 2 heterocycles. The first-order chi connectivity index (χ1) is 16.6. The molecule has 0 spiro atoms. The highest BCUT2D eigenvalue weighted by molar-refractivity contribution is 7.71. The zero-order valence-corrected chi connectivity index (χ0v) is 20.2. The van der Waals surface area contributed by atoms with Gasteiger partial charge in [-0.25, -0.2) is 0 Å². The molecule has 2 N–H and O–H groups in total. The molecule has 1 aromatic heterocycles. The van der Waals surface area contributed by atoms with Crippen molar-refractivity contribution in [3.63, 3.8) is 0 Å². The summed E-state index contributed by atoms with van der Waals surface area (Å²) < 4.78 is 7.51. The number of rotatable bonds is 10. The second-order valence-electron chi connectivity index (χ2n) is 8.69. The van der Waals surface area contributed by atoms with Crippen LogP contribution in [-0.4, -0.2) is 53.2 Å². The fourth-order valence-electron chi connectivity index (χ4n) is 4.36. The number of fused-ring (bicyclic) bond motifs is 1. The Hall–Kier alpha value is -2.81. The number of carbonyl (C=O) groups is 1. The summed E-state index contributed by atoms with van der Waals surface area (Å²) >= 11 is 5.38. The maximum absolute atomic E-state index is 12.7. The lowest BCUT2D eigenvalue weighted by Gasteiger charge is -2.31. The van der Waals surface area contributed by atoms with Gasteiger partial charge in [0, 0.05) is 32.6 Å². The molecule has 1 unspecified atom stereocenters. The Labute approximate surface area is 204 Å². The predicted octanol–water partition coefficient (Wildman–Crippen LogP) is 3.81. The highest BCUT2D eigenvalue weighted by Gasteiger charge is 2.20. The number of hydrogen-bond donors (Lipinski definition) is 2. The third-order valence-electron chi connectivity index (χ3n) is 6.26. The van der Waals surface area contributed by atoms with Crippen molar-refractivity contribution in [2.75, 3.05) is 32.8 Å². The van der Waals surface area contributed by atoms with Crippen molar-refractivity contribution < 1.29 is 9.53 Å². The second-order valence-corrected chi connectivity index (χ2v) is 9.07. The number of aromatic amines is 1. The number of amides is 1. The number of aromatic nitrogens is 2. The minimum atomic E-state index is -0.0640. The van der Waals surface area contributed by atoms with E-state index in [2.05, 4.69) is 27.3 Å². The third kappa shape index (κ3) is 6.40. The summed E-state index contributed by atoms with van der Waals surface area (Å²) in [6, 6.07) is 17.5. The monoisotopic (exact) mass is 480 g/mol. The first kappa shape index (κ1) is 24.3. The van der Waals surface area contributed by atoms with Crippen molar-refractivity contribution >= 4 is 29.0 Å². The molecule has 0 aliphatic carbocycles. The van der Waals surface area contributed by atoms with E-state index in [4.69, 9.17) is 17.0 Å². The standard InChI is InChI=1S/C26H32N4O3S/c31-24(27-23(20-9-3-1-4-10-20)19-29-15-17-33-18-16-29)13-5-2-8-14-30-25(32)21-11-6-7-12-22(21)28-26(30)34/h1,3-4,6-7,9-12,23H,2,5,8,13-19H2,(H,27,31)(H,28,34). The summed E-state index contributed by atoms with van der Waals surface area (Å²) in [5, 5.41) is 3.87. The lowest BCUT2D eigenvalue weighted by atomic mass is 10.1. The van der Waals surface area contributed by atoms with Crippen LogP contribution in [0.4, 0.5) is 0 Å². The molecule has 3 aromatic rings. The smallest absolute Gasteiger partial charge is 0.262 e. The Morgan fingerprint density at radius 3 is 2.56 bits per heavy atom. The maximum atomic E-state index is 12.7. The normalized spacial score (nSPS) is 15.3. The zero-order chi connectivity index (χ0) is 23.8. The molecule has 1 aliphatic heterocycles. The lowest BCUT2D eigenvalue weighted by Crippen LogP contribution is -2.43. The van der Waals surface area contributed by atoms with Crippen LogP contribution >= 0.6 is 12.2 Å². The number of carbonyl (C=O) groups excluding carboxylic acids is 1. The fourth-order valence-corrected chi connectivity index (χ4v) is 4.65. The molecule has 2 aromatic carbocycles. The van der Waals surface area contributed by atoms with Gasteiger partial charge in [-0.15, -0.1) is 0 Å². The molecule has 4 rings (SSSR count). The van der Waals surface area contributed by atoms with Crippen LogP contribution in [0.1, 0.15) is 37.3 Å². The van der Waals surface area contributed by atoms with E-state index in [0.717, 1.165) is 63.2 Å². The van der Waals surface area contributed by atoms with E-state index >= 15 is 0 Å². The molecule has 1 saturated heterocycles. The van der Waals surface area contributed by atoms with Crippen LogP contribution < -0.4 is 10.9 Å². The first-order valence-corrected chi connectivity index (χ1v) is 12.4. The minimum absolute atomic E-state index is 0.0405. The highest BCUT2D eigenvalue weighted by atomic mass is 32.1. The van der Waals surface area contributed by atoms with Crippen LogP contribution in [0.3, 0.4) is 0 Å². The average molecular weight is 481 g/mol. The van der Waals surface area contributed by atoms with Crippen molar-refractivity contribution in [2.24, 2.45) is 0 Å². The predicted molar refractivity (Wildman–Crippen MR) is 136 cm³/mol. The minimum Gasteiger partial charge on any atom is -0.379 e. The van der Waals surface area contributed by atoms with Crippen molar-refractivity contribution in [1.29, 1.82) is 0 Å². The van der Waals surface area contributed by atoms with Gasteiger partial charge in [0.15, 0.2) is 4.77 Å². The van der Waals surface area contributed by atoms with Crippen molar-refractivity contribution in [1.82, 2.24) is 19.8 Å². The van der Waals surface area contributed by atoms with Gasteiger partial charge in [0.25, 0.3) is 5.56 Å². The molecule has 1 aliphatic rings. The Kier molecular flexibility index (Phi) is 8.62. The Balaban J connectivity index is 1.27. The van der Waals surface area contributed by atoms with Gasteiger partial charge in [0.05, 0.1) is 30.2 Å². The molecule has 180 valence electrons. The maximum Gasteiger partial charge on any atom is 0.262 e. The summed E-state index contributed by atoms with van der Waals surface area (Å²) in [7, 11) is 0.